The first-order valence-corrected chi connectivity index (χ1v) is 3.26. The number of likely N-dealkylation sites (N-methyl/N-ethyl adjacent to an activating group) is 1. The normalized spacial score (nSPS) is 23.2. The van der Waals surface area contributed by atoms with Gasteiger partial charge in [0.25, 0.3) is 0 Å². The van der Waals surface area contributed by atoms with Gasteiger partial charge in [-0.25, -0.2) is 0 Å². The van der Waals surface area contributed by atoms with Gasteiger partial charge in [0.15, 0.2) is 0 Å². The van der Waals surface area contributed by atoms with Crippen LogP contribution in [0.25, 0.3) is 0 Å². The highest BCUT2D eigenvalue weighted by Gasteiger charge is 2.28. The largest absolute Gasteiger partial charge is 0.329 e. The van der Waals surface area contributed by atoms with Crippen molar-refractivity contribution in [1.82, 2.24) is 5.32 Å². The molecule has 0 saturated heterocycles. The van der Waals surface area contributed by atoms with Crippen LogP contribution in [0.2, 0.25) is 0 Å². The molecule has 1 atom stereocenters. The van der Waals surface area contributed by atoms with Gasteiger partial charge in [-0.15, -0.1) is 0 Å². The molecule has 0 aliphatic heterocycles. The summed E-state index contributed by atoms with van der Waals surface area (Å²) >= 11 is 0. The molecule has 0 aromatic heterocycles. The van der Waals surface area contributed by atoms with Crippen LogP contribution in [0.1, 0.15) is 12.8 Å². The molecule has 48 valence electrons. The SMILES string of the molecule is CN[C@@H](CN)C1CC1. The fraction of sp³-hybridized carbons (Fsp3) is 1.00. The lowest BCUT2D eigenvalue weighted by Gasteiger charge is -2.10. The Balaban J connectivity index is 2.15. The summed E-state index contributed by atoms with van der Waals surface area (Å²) < 4.78 is 0. The van der Waals surface area contributed by atoms with Crippen molar-refractivity contribution in [3.05, 3.63) is 0 Å². The van der Waals surface area contributed by atoms with Crippen LogP contribution in [0, 0.1) is 5.92 Å². The summed E-state index contributed by atoms with van der Waals surface area (Å²) in [6, 6.07) is 0.593. The van der Waals surface area contributed by atoms with E-state index in [1.54, 1.807) is 0 Å². The number of hydrogen-bond acceptors (Lipinski definition) is 2. The van der Waals surface area contributed by atoms with E-state index in [0.717, 1.165) is 12.5 Å². The van der Waals surface area contributed by atoms with Gasteiger partial charge in [0, 0.05) is 12.6 Å². The zero-order valence-corrected chi connectivity index (χ0v) is 5.35. The van der Waals surface area contributed by atoms with Gasteiger partial charge in [-0.3, -0.25) is 0 Å². The van der Waals surface area contributed by atoms with Crippen molar-refractivity contribution in [3.8, 4) is 0 Å². The van der Waals surface area contributed by atoms with Gasteiger partial charge in [-0.1, -0.05) is 0 Å². The van der Waals surface area contributed by atoms with Crippen LogP contribution in [0.4, 0.5) is 0 Å². The zero-order valence-electron chi connectivity index (χ0n) is 5.35. The Morgan fingerprint density at radius 2 is 2.38 bits per heavy atom. The Kier molecular flexibility index (Phi) is 1.86. The number of rotatable bonds is 3. The third kappa shape index (κ3) is 1.20. The number of hydrogen-bond donors (Lipinski definition) is 2. The Hall–Kier alpha value is -0.0800. The van der Waals surface area contributed by atoms with Crippen molar-refractivity contribution < 1.29 is 0 Å². The highest BCUT2D eigenvalue weighted by atomic mass is 14.9. The molecule has 2 heteroatoms. The molecule has 3 N–H and O–H groups in total. The molecule has 1 saturated carbocycles. The van der Waals surface area contributed by atoms with E-state index in [0.29, 0.717) is 6.04 Å². The van der Waals surface area contributed by atoms with Crippen molar-refractivity contribution in [2.75, 3.05) is 13.6 Å². The van der Waals surface area contributed by atoms with Gasteiger partial charge in [0.1, 0.15) is 0 Å². The van der Waals surface area contributed by atoms with E-state index in [1.807, 2.05) is 7.05 Å². The third-order valence-electron chi connectivity index (χ3n) is 1.82. The second-order valence-electron chi connectivity index (χ2n) is 2.47. The predicted octanol–water partition coefficient (Wildman–Crippen LogP) is -0.0569. The lowest BCUT2D eigenvalue weighted by atomic mass is 10.2. The number of nitrogens with one attached hydrogen (secondary N) is 1. The van der Waals surface area contributed by atoms with Crippen molar-refractivity contribution >= 4 is 0 Å². The summed E-state index contributed by atoms with van der Waals surface area (Å²) in [4.78, 5) is 0. The molecule has 1 fully saturated rings. The number of nitrogens with two attached hydrogens (primary N) is 1. The van der Waals surface area contributed by atoms with E-state index < -0.39 is 0 Å². The second-order valence-corrected chi connectivity index (χ2v) is 2.47. The van der Waals surface area contributed by atoms with Crippen LogP contribution in [-0.4, -0.2) is 19.6 Å². The van der Waals surface area contributed by atoms with Crippen molar-refractivity contribution in [3.63, 3.8) is 0 Å². The summed E-state index contributed by atoms with van der Waals surface area (Å²) in [6.45, 7) is 0.793. The first kappa shape index (κ1) is 6.05. The molecule has 0 aromatic rings. The average molecular weight is 114 g/mol. The smallest absolute Gasteiger partial charge is 0.0215 e. The Bertz CT molecular complexity index is 64.9. The van der Waals surface area contributed by atoms with Crippen LogP contribution in [0.5, 0.6) is 0 Å². The quantitative estimate of drug-likeness (QED) is 0.539. The van der Waals surface area contributed by atoms with Crippen LogP contribution < -0.4 is 11.1 Å². The van der Waals surface area contributed by atoms with E-state index in [2.05, 4.69) is 5.32 Å². The Morgan fingerprint density at radius 1 is 1.75 bits per heavy atom. The second kappa shape index (κ2) is 2.46. The zero-order chi connectivity index (χ0) is 5.98. The molecule has 0 bridgehead atoms. The van der Waals surface area contributed by atoms with E-state index >= 15 is 0 Å². The van der Waals surface area contributed by atoms with E-state index in [9.17, 15) is 0 Å². The predicted molar refractivity (Wildman–Crippen MR) is 34.6 cm³/mol. The van der Waals surface area contributed by atoms with Crippen LogP contribution in [0.3, 0.4) is 0 Å². The minimum absolute atomic E-state index is 0.593. The molecule has 0 heterocycles. The van der Waals surface area contributed by atoms with Gasteiger partial charge in [0.2, 0.25) is 0 Å². The van der Waals surface area contributed by atoms with E-state index in [4.69, 9.17) is 5.73 Å². The molecular weight excluding hydrogens is 100 g/mol. The molecule has 0 unspecified atom stereocenters. The minimum Gasteiger partial charge on any atom is -0.329 e. The first-order chi connectivity index (χ1) is 3.88. The third-order valence-corrected chi connectivity index (χ3v) is 1.82. The monoisotopic (exact) mass is 114 g/mol. The molecule has 1 aliphatic rings. The average Bonchev–Trinajstić information content (AvgIpc) is 2.53. The van der Waals surface area contributed by atoms with Gasteiger partial charge in [0.05, 0.1) is 0 Å². The highest BCUT2D eigenvalue weighted by Crippen LogP contribution is 2.31. The van der Waals surface area contributed by atoms with Crippen LogP contribution >= 0.6 is 0 Å². The molecule has 0 aromatic carbocycles. The minimum atomic E-state index is 0.593. The lowest BCUT2D eigenvalue weighted by molar-refractivity contribution is 0.512. The Morgan fingerprint density at radius 3 is 2.50 bits per heavy atom. The lowest BCUT2D eigenvalue weighted by Crippen LogP contribution is -2.34. The molecule has 8 heavy (non-hydrogen) atoms. The molecule has 1 rings (SSSR count). The first-order valence-electron chi connectivity index (χ1n) is 3.26. The standard InChI is InChI=1S/C6H14N2/c1-8-6(4-7)5-2-3-5/h5-6,8H,2-4,7H2,1H3/t6-/m0/s1. The maximum atomic E-state index is 5.46. The maximum absolute atomic E-state index is 5.46. The summed E-state index contributed by atoms with van der Waals surface area (Å²) in [5.41, 5.74) is 5.46. The summed E-state index contributed by atoms with van der Waals surface area (Å²) in [5.74, 6) is 0.894. The molecule has 2 nitrogen and oxygen atoms in total. The molecule has 0 spiro atoms. The molecule has 0 radical (unpaired) electrons. The Labute approximate surface area is 50.4 Å². The van der Waals surface area contributed by atoms with Gasteiger partial charge in [-0.05, 0) is 25.8 Å². The van der Waals surface area contributed by atoms with Gasteiger partial charge < -0.3 is 11.1 Å². The molecular formula is C6H14N2. The van der Waals surface area contributed by atoms with Crippen LogP contribution in [-0.2, 0) is 0 Å². The van der Waals surface area contributed by atoms with Gasteiger partial charge >= 0.3 is 0 Å². The van der Waals surface area contributed by atoms with E-state index in [-0.39, 0.29) is 0 Å². The molecule has 1 aliphatic carbocycles. The van der Waals surface area contributed by atoms with Gasteiger partial charge in [-0.2, -0.15) is 0 Å². The van der Waals surface area contributed by atoms with E-state index in [1.165, 1.54) is 12.8 Å². The van der Waals surface area contributed by atoms with Crippen molar-refractivity contribution in [2.45, 2.75) is 18.9 Å². The topological polar surface area (TPSA) is 38.0 Å². The fourth-order valence-electron chi connectivity index (χ4n) is 1.04. The maximum Gasteiger partial charge on any atom is 0.0215 e. The summed E-state index contributed by atoms with van der Waals surface area (Å²) in [7, 11) is 1.98. The summed E-state index contributed by atoms with van der Waals surface area (Å²) in [5, 5.41) is 3.19. The van der Waals surface area contributed by atoms with Crippen LogP contribution in [0.15, 0.2) is 0 Å². The highest BCUT2D eigenvalue weighted by molar-refractivity contribution is 4.85. The van der Waals surface area contributed by atoms with Crippen molar-refractivity contribution in [1.29, 1.82) is 0 Å². The van der Waals surface area contributed by atoms with Crippen molar-refractivity contribution in [2.24, 2.45) is 11.7 Å². The summed E-state index contributed by atoms with van der Waals surface area (Å²) in [6.07, 6.45) is 2.76. The fourth-order valence-corrected chi connectivity index (χ4v) is 1.04. The molecule has 0 amide bonds.